The molecule has 2 heterocycles. The Morgan fingerprint density at radius 1 is 0.767 bits per heavy atom. The molecule has 30 heavy (non-hydrogen) atoms. The van der Waals surface area contributed by atoms with Crippen LogP contribution in [0.5, 0.6) is 0 Å². The van der Waals surface area contributed by atoms with Crippen LogP contribution in [0.15, 0.2) is 30.3 Å². The molecule has 2 aliphatic heterocycles. The summed E-state index contributed by atoms with van der Waals surface area (Å²) < 4.78 is 0. The van der Waals surface area contributed by atoms with Crippen molar-refractivity contribution in [1.29, 1.82) is 0 Å². The second-order valence-electron chi connectivity index (χ2n) is 9.71. The highest BCUT2D eigenvalue weighted by molar-refractivity contribution is 8.15. The third kappa shape index (κ3) is 10.3. The van der Waals surface area contributed by atoms with Crippen LogP contribution in [0, 0.1) is 10.8 Å². The summed E-state index contributed by atoms with van der Waals surface area (Å²) in [5, 5.41) is 3.58. The lowest BCUT2D eigenvalue weighted by atomic mass is 9.91. The molecule has 1 aromatic carbocycles. The molecule has 1 aromatic rings. The predicted molar refractivity (Wildman–Crippen MR) is 125 cm³/mol. The van der Waals surface area contributed by atoms with E-state index in [1.807, 2.05) is 51.1 Å². The van der Waals surface area contributed by atoms with Gasteiger partial charge >= 0.3 is 0 Å². The number of rotatable bonds is 2. The van der Waals surface area contributed by atoms with Crippen LogP contribution >= 0.6 is 23.5 Å². The first kappa shape index (κ1) is 26.2. The van der Waals surface area contributed by atoms with Crippen LogP contribution in [-0.2, 0) is 16.0 Å². The van der Waals surface area contributed by atoms with E-state index in [-0.39, 0.29) is 38.2 Å². The van der Waals surface area contributed by atoms with Gasteiger partial charge in [0.2, 0.25) is 11.8 Å². The molecule has 166 valence electrons. The fourth-order valence-electron chi connectivity index (χ4n) is 2.28. The molecule has 8 heteroatoms. The summed E-state index contributed by atoms with van der Waals surface area (Å²) in [5.74, 6) is -0.337. The maximum absolute atomic E-state index is 11.2. The lowest BCUT2D eigenvalue weighted by Gasteiger charge is -2.21. The monoisotopic (exact) mass is 452 g/mol. The molecule has 0 saturated carbocycles. The minimum Gasteiger partial charge on any atom is -0.286 e. The van der Waals surface area contributed by atoms with Crippen molar-refractivity contribution >= 4 is 45.8 Å². The summed E-state index contributed by atoms with van der Waals surface area (Å²) in [4.78, 5) is 43.9. The van der Waals surface area contributed by atoms with Gasteiger partial charge in [-0.1, -0.05) is 102 Å². The molecule has 3 rings (SSSR count). The van der Waals surface area contributed by atoms with E-state index in [9.17, 15) is 19.2 Å². The average molecular weight is 453 g/mol. The topological polar surface area (TPSA) is 92.3 Å². The summed E-state index contributed by atoms with van der Waals surface area (Å²) in [7, 11) is 0. The van der Waals surface area contributed by atoms with Gasteiger partial charge in [0, 0.05) is 0 Å². The van der Waals surface area contributed by atoms with E-state index in [4.69, 9.17) is 0 Å². The predicted octanol–water partition coefficient (Wildman–Crippen LogP) is 5.02. The van der Waals surface area contributed by atoms with Crippen LogP contribution < -0.4 is 10.6 Å². The van der Waals surface area contributed by atoms with E-state index in [0.29, 0.717) is 11.8 Å². The number of carbonyl (C=O) groups excluding carboxylic acids is 4. The fourth-order valence-corrected chi connectivity index (χ4v) is 4.03. The Labute approximate surface area is 187 Å². The van der Waals surface area contributed by atoms with Gasteiger partial charge < -0.3 is 0 Å². The zero-order chi connectivity index (χ0) is 23.1. The summed E-state index contributed by atoms with van der Waals surface area (Å²) in [6, 6.07) is 9.69. The van der Waals surface area contributed by atoms with Crippen molar-refractivity contribution in [3.63, 3.8) is 0 Å². The Morgan fingerprint density at radius 3 is 1.57 bits per heavy atom. The number of hydrogen-bond acceptors (Lipinski definition) is 6. The summed E-state index contributed by atoms with van der Waals surface area (Å²) in [6.45, 7) is 14.6. The Hall–Kier alpha value is -1.80. The van der Waals surface area contributed by atoms with E-state index in [1.54, 1.807) is 0 Å². The maximum Gasteiger partial charge on any atom is 0.286 e. The van der Waals surface area contributed by atoms with Gasteiger partial charge in [-0.25, -0.2) is 0 Å². The molecule has 6 nitrogen and oxygen atoms in total. The van der Waals surface area contributed by atoms with Gasteiger partial charge in [-0.2, -0.15) is 0 Å². The van der Waals surface area contributed by atoms with E-state index in [1.165, 1.54) is 0 Å². The molecule has 2 aliphatic rings. The Morgan fingerprint density at radius 2 is 1.23 bits per heavy atom. The molecular formula is C22H32N2O4S2. The van der Waals surface area contributed by atoms with Crippen molar-refractivity contribution in [3.8, 4) is 0 Å². The molecular weight excluding hydrogens is 420 g/mol. The second kappa shape index (κ2) is 11.0. The largest absolute Gasteiger partial charge is 0.286 e. The average Bonchev–Trinajstić information content (AvgIpc) is 3.08. The third-order valence-corrected chi connectivity index (χ3v) is 5.96. The van der Waals surface area contributed by atoms with Crippen LogP contribution in [0.2, 0.25) is 0 Å². The standard InChI is InChI=1S/C10H9NO2S.C7H11NO2S.C5H12/c12-9-8(14-10(13)11-9)6-7-4-2-1-3-5-7;1-7(2,3)4-5(9)8-6(10)11-4;1-5(2,3)4/h1-5,8H,6H2,(H,11,12,13);4H,1-3H3,(H,8,9,10);1-4H3. The fraction of sp³-hybridized carbons (Fsp3) is 0.545. The van der Waals surface area contributed by atoms with Crippen LogP contribution in [0.1, 0.15) is 54.0 Å². The first-order chi connectivity index (χ1) is 13.7. The van der Waals surface area contributed by atoms with Gasteiger partial charge in [0.05, 0.1) is 10.5 Å². The van der Waals surface area contributed by atoms with Crippen LogP contribution in [0.25, 0.3) is 0 Å². The zero-order valence-electron chi connectivity index (χ0n) is 18.7. The van der Waals surface area contributed by atoms with Gasteiger partial charge in [-0.3, -0.25) is 29.8 Å². The smallest absolute Gasteiger partial charge is 0.286 e. The third-order valence-electron chi connectivity index (χ3n) is 3.51. The molecule has 0 radical (unpaired) electrons. The molecule has 4 amide bonds. The molecule has 0 bridgehead atoms. The number of hydrogen-bond donors (Lipinski definition) is 2. The number of thioether (sulfide) groups is 2. The quantitative estimate of drug-likeness (QED) is 0.655. The SMILES string of the molecule is CC(C)(C)C.CC(C)(C)C1SC(=O)NC1=O.O=C1NC(=O)C(Cc2ccccc2)S1. The molecule has 0 aliphatic carbocycles. The number of nitrogens with one attached hydrogen (secondary N) is 2. The van der Waals surface area contributed by atoms with Crippen LogP contribution in [0.3, 0.4) is 0 Å². The maximum atomic E-state index is 11.2. The molecule has 2 saturated heterocycles. The number of imide groups is 2. The highest BCUT2D eigenvalue weighted by Gasteiger charge is 2.39. The lowest BCUT2D eigenvalue weighted by molar-refractivity contribution is -0.120. The first-order valence-electron chi connectivity index (χ1n) is 9.73. The zero-order valence-corrected chi connectivity index (χ0v) is 20.3. The lowest BCUT2D eigenvalue weighted by Crippen LogP contribution is -2.33. The van der Waals surface area contributed by atoms with Crippen molar-refractivity contribution in [2.75, 3.05) is 0 Å². The normalized spacial score (nSPS) is 21.2. The molecule has 0 spiro atoms. The van der Waals surface area contributed by atoms with E-state index in [2.05, 4.69) is 38.3 Å². The highest BCUT2D eigenvalue weighted by Crippen LogP contribution is 2.34. The summed E-state index contributed by atoms with van der Waals surface area (Å²) in [6.07, 6.45) is 0.614. The van der Waals surface area contributed by atoms with Crippen molar-refractivity contribution in [1.82, 2.24) is 10.6 Å². The summed E-state index contributed by atoms with van der Waals surface area (Å²) >= 11 is 2.15. The minimum absolute atomic E-state index is 0.138. The number of amides is 4. The number of benzene rings is 1. The van der Waals surface area contributed by atoms with Crippen LogP contribution in [0.4, 0.5) is 9.59 Å². The van der Waals surface area contributed by atoms with E-state index >= 15 is 0 Å². The van der Waals surface area contributed by atoms with Gasteiger partial charge in [0.15, 0.2) is 0 Å². The Kier molecular flexibility index (Phi) is 9.62. The molecule has 0 aromatic heterocycles. The van der Waals surface area contributed by atoms with Gasteiger partial charge in [0.25, 0.3) is 10.5 Å². The van der Waals surface area contributed by atoms with E-state index < -0.39 is 0 Å². The van der Waals surface area contributed by atoms with Crippen molar-refractivity contribution in [2.24, 2.45) is 10.8 Å². The molecule has 2 N–H and O–H groups in total. The first-order valence-corrected chi connectivity index (χ1v) is 11.5. The second-order valence-corrected chi connectivity index (χ2v) is 12.0. The minimum atomic E-state index is -0.259. The van der Waals surface area contributed by atoms with Gasteiger partial charge in [-0.15, -0.1) is 0 Å². The van der Waals surface area contributed by atoms with Crippen molar-refractivity contribution < 1.29 is 19.2 Å². The molecule has 2 unspecified atom stereocenters. The van der Waals surface area contributed by atoms with E-state index in [0.717, 1.165) is 29.1 Å². The van der Waals surface area contributed by atoms with Crippen molar-refractivity contribution in [2.45, 2.75) is 65.4 Å². The molecule has 2 atom stereocenters. The van der Waals surface area contributed by atoms with Gasteiger partial charge in [-0.05, 0) is 22.8 Å². The number of carbonyl (C=O) groups is 4. The molecule has 2 fully saturated rings. The summed E-state index contributed by atoms with van der Waals surface area (Å²) in [5.41, 5.74) is 1.44. The van der Waals surface area contributed by atoms with Crippen molar-refractivity contribution in [3.05, 3.63) is 35.9 Å². The highest BCUT2D eigenvalue weighted by atomic mass is 32.2. The van der Waals surface area contributed by atoms with Gasteiger partial charge in [0.1, 0.15) is 0 Å². The van der Waals surface area contributed by atoms with Crippen LogP contribution in [-0.4, -0.2) is 32.8 Å². The Balaban J connectivity index is 0.000000251. The Bertz CT molecular complexity index is 762.